The van der Waals surface area contributed by atoms with Crippen LogP contribution in [0.5, 0.6) is 0 Å². The summed E-state index contributed by atoms with van der Waals surface area (Å²) in [5.41, 5.74) is 0.817. The SMILES string of the molecule is CC1CC2C(=O)N(Cc3cc(C#CCO)cs3)C(=O)C2C1. The molecule has 0 radical (unpaired) electrons. The largest absolute Gasteiger partial charge is 0.384 e. The fourth-order valence-corrected chi connectivity index (χ4v) is 4.13. The Morgan fingerprint density at radius 3 is 2.62 bits per heavy atom. The highest BCUT2D eigenvalue weighted by Crippen LogP contribution is 2.43. The van der Waals surface area contributed by atoms with E-state index in [0.717, 1.165) is 23.3 Å². The van der Waals surface area contributed by atoms with E-state index in [2.05, 4.69) is 18.8 Å². The molecule has 2 fully saturated rings. The fourth-order valence-electron chi connectivity index (χ4n) is 3.33. The smallest absolute Gasteiger partial charge is 0.233 e. The molecule has 2 unspecified atom stereocenters. The average molecular weight is 303 g/mol. The Labute approximate surface area is 127 Å². The molecule has 2 heterocycles. The summed E-state index contributed by atoms with van der Waals surface area (Å²) >= 11 is 1.49. The van der Waals surface area contributed by atoms with E-state index in [0.29, 0.717) is 12.5 Å². The van der Waals surface area contributed by atoms with Crippen molar-refractivity contribution in [2.45, 2.75) is 26.3 Å². The van der Waals surface area contributed by atoms with Crippen molar-refractivity contribution < 1.29 is 14.7 Å². The number of imide groups is 1. The maximum atomic E-state index is 12.4. The maximum absolute atomic E-state index is 12.4. The van der Waals surface area contributed by atoms with Crippen LogP contribution in [0.15, 0.2) is 11.4 Å². The third-order valence-electron chi connectivity index (χ3n) is 4.24. The Hall–Kier alpha value is -1.64. The van der Waals surface area contributed by atoms with Crippen molar-refractivity contribution in [3.05, 3.63) is 21.9 Å². The van der Waals surface area contributed by atoms with Crippen molar-refractivity contribution >= 4 is 23.2 Å². The van der Waals surface area contributed by atoms with Gasteiger partial charge in [0.2, 0.25) is 11.8 Å². The minimum atomic E-state index is -0.171. The summed E-state index contributed by atoms with van der Waals surface area (Å²) in [5.74, 6) is 5.68. The highest BCUT2D eigenvalue weighted by atomic mass is 32.1. The van der Waals surface area contributed by atoms with Gasteiger partial charge in [-0.1, -0.05) is 18.8 Å². The van der Waals surface area contributed by atoms with Crippen molar-refractivity contribution in [1.82, 2.24) is 4.90 Å². The van der Waals surface area contributed by atoms with Gasteiger partial charge in [0.25, 0.3) is 0 Å². The molecule has 1 aliphatic heterocycles. The van der Waals surface area contributed by atoms with Gasteiger partial charge in [-0.2, -0.15) is 0 Å². The van der Waals surface area contributed by atoms with Crippen LogP contribution >= 0.6 is 11.3 Å². The number of carbonyl (C=O) groups excluding carboxylic acids is 2. The van der Waals surface area contributed by atoms with Crippen molar-refractivity contribution in [2.24, 2.45) is 17.8 Å². The number of carbonyl (C=O) groups is 2. The number of likely N-dealkylation sites (tertiary alicyclic amines) is 1. The van der Waals surface area contributed by atoms with Crippen LogP contribution in [-0.4, -0.2) is 28.4 Å². The first-order chi connectivity index (χ1) is 10.1. The Morgan fingerprint density at radius 2 is 2.00 bits per heavy atom. The molecule has 1 aliphatic carbocycles. The minimum Gasteiger partial charge on any atom is -0.384 e. The number of hydrogen-bond donors (Lipinski definition) is 1. The zero-order chi connectivity index (χ0) is 15.0. The average Bonchev–Trinajstić information content (AvgIpc) is 3.11. The Bertz CT molecular complexity index is 615. The van der Waals surface area contributed by atoms with Gasteiger partial charge in [0.05, 0.1) is 18.4 Å². The maximum Gasteiger partial charge on any atom is 0.233 e. The molecule has 110 valence electrons. The van der Waals surface area contributed by atoms with Crippen molar-refractivity contribution in [3.63, 3.8) is 0 Å². The van der Waals surface area contributed by atoms with E-state index in [9.17, 15) is 9.59 Å². The van der Waals surface area contributed by atoms with E-state index < -0.39 is 0 Å². The zero-order valence-electron chi connectivity index (χ0n) is 11.8. The third-order valence-corrected chi connectivity index (χ3v) is 5.17. The van der Waals surface area contributed by atoms with Crippen molar-refractivity contribution in [3.8, 4) is 11.8 Å². The monoisotopic (exact) mass is 303 g/mol. The lowest BCUT2D eigenvalue weighted by Gasteiger charge is -2.15. The van der Waals surface area contributed by atoms with Crippen LogP contribution in [0.4, 0.5) is 0 Å². The molecular weight excluding hydrogens is 286 g/mol. The summed E-state index contributed by atoms with van der Waals surface area (Å²) in [4.78, 5) is 27.1. The summed E-state index contributed by atoms with van der Waals surface area (Å²) in [7, 11) is 0. The van der Waals surface area contributed by atoms with Crippen LogP contribution in [0.2, 0.25) is 0 Å². The Kier molecular flexibility index (Phi) is 3.83. The molecule has 0 aromatic carbocycles. The van der Waals surface area contributed by atoms with Crippen LogP contribution < -0.4 is 0 Å². The van der Waals surface area contributed by atoms with Gasteiger partial charge in [0.1, 0.15) is 6.61 Å². The van der Waals surface area contributed by atoms with Gasteiger partial charge in [-0.05, 0) is 24.8 Å². The highest BCUT2D eigenvalue weighted by Gasteiger charge is 2.51. The summed E-state index contributed by atoms with van der Waals surface area (Å²) in [6.45, 7) is 2.29. The molecule has 1 saturated heterocycles. The normalized spacial score (nSPS) is 27.7. The molecular formula is C16H17NO3S. The second-order valence-electron chi connectivity index (χ2n) is 5.81. The van der Waals surface area contributed by atoms with Crippen LogP contribution in [0.3, 0.4) is 0 Å². The number of nitrogens with zero attached hydrogens (tertiary/aromatic N) is 1. The Balaban J connectivity index is 1.72. The van der Waals surface area contributed by atoms with Gasteiger partial charge in [-0.3, -0.25) is 14.5 Å². The highest BCUT2D eigenvalue weighted by molar-refractivity contribution is 7.10. The number of aliphatic hydroxyl groups excluding tert-OH is 1. The second-order valence-corrected chi connectivity index (χ2v) is 6.81. The number of thiophene rings is 1. The minimum absolute atomic E-state index is 0.00857. The molecule has 0 bridgehead atoms. The molecule has 1 aromatic heterocycles. The van der Waals surface area contributed by atoms with E-state index in [1.54, 1.807) is 0 Å². The van der Waals surface area contributed by atoms with Crippen LogP contribution in [0.25, 0.3) is 0 Å². The van der Waals surface area contributed by atoms with Crippen LogP contribution in [0, 0.1) is 29.6 Å². The van der Waals surface area contributed by atoms with Crippen LogP contribution in [-0.2, 0) is 16.1 Å². The van der Waals surface area contributed by atoms with E-state index in [1.807, 2.05) is 11.4 Å². The number of aliphatic hydroxyl groups is 1. The summed E-state index contributed by atoms with van der Waals surface area (Å²) in [6, 6.07) is 1.88. The third kappa shape index (κ3) is 2.61. The number of rotatable bonds is 2. The molecule has 1 aromatic rings. The molecule has 1 N–H and O–H groups in total. The molecule has 4 nitrogen and oxygen atoms in total. The van der Waals surface area contributed by atoms with Crippen molar-refractivity contribution in [1.29, 1.82) is 0 Å². The van der Waals surface area contributed by atoms with Gasteiger partial charge >= 0.3 is 0 Å². The first-order valence-electron chi connectivity index (χ1n) is 7.12. The molecule has 0 spiro atoms. The number of amides is 2. The standard InChI is InChI=1S/C16H17NO3S/c1-10-5-13-14(6-10)16(20)17(15(13)19)8-12-7-11(9-21-12)3-2-4-18/h7,9-10,13-14,18H,4-6,8H2,1H3. The molecule has 5 heteroatoms. The van der Waals surface area contributed by atoms with Gasteiger partial charge < -0.3 is 5.11 Å². The predicted octanol–water partition coefficient (Wildman–Crippen LogP) is 1.62. The topological polar surface area (TPSA) is 57.6 Å². The lowest BCUT2D eigenvalue weighted by Crippen LogP contribution is -2.31. The van der Waals surface area contributed by atoms with Gasteiger partial charge in [-0.25, -0.2) is 0 Å². The van der Waals surface area contributed by atoms with Crippen LogP contribution in [0.1, 0.15) is 30.2 Å². The molecule has 2 amide bonds. The van der Waals surface area contributed by atoms with E-state index in [4.69, 9.17) is 5.11 Å². The molecule has 21 heavy (non-hydrogen) atoms. The van der Waals surface area contributed by atoms with E-state index in [-0.39, 0.29) is 30.3 Å². The molecule has 3 rings (SSSR count). The lowest BCUT2D eigenvalue weighted by molar-refractivity contribution is -0.141. The molecule has 2 aliphatic rings. The van der Waals surface area contributed by atoms with Gasteiger partial charge in [-0.15, -0.1) is 11.3 Å². The first kappa shape index (κ1) is 14.3. The van der Waals surface area contributed by atoms with Crippen molar-refractivity contribution in [2.75, 3.05) is 6.61 Å². The first-order valence-corrected chi connectivity index (χ1v) is 8.00. The fraction of sp³-hybridized carbons (Fsp3) is 0.500. The predicted molar refractivity (Wildman–Crippen MR) is 79.2 cm³/mol. The van der Waals surface area contributed by atoms with Gasteiger partial charge in [0.15, 0.2) is 0 Å². The molecule has 2 atom stereocenters. The summed E-state index contributed by atoms with van der Waals surface area (Å²) in [6.07, 6.45) is 1.67. The second kappa shape index (κ2) is 5.63. The summed E-state index contributed by atoms with van der Waals surface area (Å²) < 4.78 is 0. The lowest BCUT2D eigenvalue weighted by atomic mass is 10.00. The summed E-state index contributed by atoms with van der Waals surface area (Å²) in [5, 5.41) is 10.6. The zero-order valence-corrected chi connectivity index (χ0v) is 12.7. The van der Waals surface area contributed by atoms with E-state index in [1.165, 1.54) is 16.2 Å². The number of fused-ring (bicyclic) bond motifs is 1. The Morgan fingerprint density at radius 1 is 1.33 bits per heavy atom. The van der Waals surface area contributed by atoms with Gasteiger partial charge in [0, 0.05) is 15.8 Å². The number of hydrogen-bond acceptors (Lipinski definition) is 4. The van der Waals surface area contributed by atoms with E-state index >= 15 is 0 Å². The quantitative estimate of drug-likeness (QED) is 0.667. The molecule has 1 saturated carbocycles.